The van der Waals surface area contributed by atoms with E-state index in [1.54, 1.807) is 9.58 Å². The zero-order valence-corrected chi connectivity index (χ0v) is 12.4. The summed E-state index contributed by atoms with van der Waals surface area (Å²) in [5, 5.41) is 7.99. The van der Waals surface area contributed by atoms with Crippen LogP contribution < -0.4 is 5.73 Å². The normalized spacial score (nSPS) is 19.4. The van der Waals surface area contributed by atoms with E-state index in [1.807, 2.05) is 27.0 Å². The summed E-state index contributed by atoms with van der Waals surface area (Å²) < 4.78 is 7.18. The maximum Gasteiger partial charge on any atom is 0.410 e. The van der Waals surface area contributed by atoms with Crippen molar-refractivity contribution in [2.24, 2.45) is 5.73 Å². The molecular formula is C13H23N5O2. The first-order valence-electron chi connectivity index (χ1n) is 6.98. The number of likely N-dealkylation sites (tertiary alicyclic amines) is 1. The number of nitrogens with two attached hydrogens (primary N) is 1. The maximum atomic E-state index is 12.2. The van der Waals surface area contributed by atoms with E-state index in [0.29, 0.717) is 13.1 Å². The van der Waals surface area contributed by atoms with Crippen molar-refractivity contribution in [1.82, 2.24) is 19.9 Å². The Balaban J connectivity index is 1.98. The Labute approximate surface area is 119 Å². The van der Waals surface area contributed by atoms with Crippen LogP contribution in [0.5, 0.6) is 0 Å². The van der Waals surface area contributed by atoms with Crippen molar-refractivity contribution in [2.45, 2.75) is 58.3 Å². The Morgan fingerprint density at radius 2 is 2.30 bits per heavy atom. The largest absolute Gasteiger partial charge is 0.444 e. The molecule has 0 aromatic carbocycles. The van der Waals surface area contributed by atoms with E-state index < -0.39 is 5.60 Å². The van der Waals surface area contributed by atoms with Crippen LogP contribution in [0.4, 0.5) is 4.79 Å². The third-order valence-corrected chi connectivity index (χ3v) is 3.20. The van der Waals surface area contributed by atoms with Crippen LogP contribution in [0.3, 0.4) is 0 Å². The molecule has 0 spiro atoms. The van der Waals surface area contributed by atoms with E-state index in [2.05, 4.69) is 10.3 Å². The van der Waals surface area contributed by atoms with Crippen molar-refractivity contribution in [3.63, 3.8) is 0 Å². The monoisotopic (exact) mass is 281 g/mol. The van der Waals surface area contributed by atoms with Gasteiger partial charge in [0, 0.05) is 19.3 Å². The minimum Gasteiger partial charge on any atom is -0.444 e. The molecule has 112 valence electrons. The zero-order valence-electron chi connectivity index (χ0n) is 12.4. The Hall–Kier alpha value is -1.63. The van der Waals surface area contributed by atoms with Crippen molar-refractivity contribution in [3.8, 4) is 0 Å². The van der Waals surface area contributed by atoms with Gasteiger partial charge in [0.2, 0.25) is 0 Å². The molecule has 1 amide bonds. The molecule has 7 nitrogen and oxygen atoms in total. The second kappa shape index (κ2) is 5.78. The number of carbonyl (C=O) groups is 1. The molecule has 1 atom stereocenters. The minimum atomic E-state index is -0.468. The van der Waals surface area contributed by atoms with Crippen LogP contribution in [-0.4, -0.2) is 44.2 Å². The van der Waals surface area contributed by atoms with E-state index in [4.69, 9.17) is 10.5 Å². The Kier molecular flexibility index (Phi) is 4.27. The summed E-state index contributed by atoms with van der Waals surface area (Å²) in [7, 11) is 0. The highest BCUT2D eigenvalue weighted by Gasteiger charge is 2.32. The van der Waals surface area contributed by atoms with Crippen LogP contribution in [0.2, 0.25) is 0 Å². The van der Waals surface area contributed by atoms with E-state index in [-0.39, 0.29) is 12.1 Å². The summed E-state index contributed by atoms with van der Waals surface area (Å²) in [4.78, 5) is 13.9. The van der Waals surface area contributed by atoms with Crippen molar-refractivity contribution >= 4 is 6.09 Å². The fraction of sp³-hybridized carbons (Fsp3) is 0.769. The Morgan fingerprint density at radius 3 is 2.90 bits per heavy atom. The van der Waals surface area contributed by atoms with Gasteiger partial charge in [0.25, 0.3) is 0 Å². The molecule has 1 aliphatic heterocycles. The van der Waals surface area contributed by atoms with Gasteiger partial charge in [0.15, 0.2) is 0 Å². The molecule has 1 saturated heterocycles. The molecule has 20 heavy (non-hydrogen) atoms. The number of ether oxygens (including phenoxy) is 1. The molecule has 2 N–H and O–H groups in total. The number of aromatic nitrogens is 3. The lowest BCUT2D eigenvalue weighted by molar-refractivity contribution is 0.0211. The molecule has 1 aromatic rings. The highest BCUT2D eigenvalue weighted by atomic mass is 16.6. The second-order valence-electron chi connectivity index (χ2n) is 6.11. The fourth-order valence-electron chi connectivity index (χ4n) is 2.32. The van der Waals surface area contributed by atoms with Gasteiger partial charge in [0.05, 0.1) is 18.3 Å². The Bertz CT molecular complexity index is 466. The Morgan fingerprint density at radius 1 is 1.55 bits per heavy atom. The predicted octanol–water partition coefficient (Wildman–Crippen LogP) is 1.14. The first-order valence-corrected chi connectivity index (χ1v) is 6.98. The van der Waals surface area contributed by atoms with E-state index in [9.17, 15) is 4.79 Å². The zero-order chi connectivity index (χ0) is 14.8. The average molecular weight is 281 g/mol. The fourth-order valence-corrected chi connectivity index (χ4v) is 2.32. The summed E-state index contributed by atoms with van der Waals surface area (Å²) in [6.45, 7) is 7.37. The van der Waals surface area contributed by atoms with Gasteiger partial charge in [0.1, 0.15) is 5.60 Å². The predicted molar refractivity (Wildman–Crippen MR) is 73.9 cm³/mol. The van der Waals surface area contributed by atoms with Crippen molar-refractivity contribution in [3.05, 3.63) is 11.9 Å². The van der Waals surface area contributed by atoms with Gasteiger partial charge >= 0.3 is 6.09 Å². The number of amides is 1. The van der Waals surface area contributed by atoms with Crippen LogP contribution in [0.1, 0.15) is 39.3 Å². The summed E-state index contributed by atoms with van der Waals surface area (Å²) in [6.07, 6.45) is 3.52. The lowest BCUT2D eigenvalue weighted by atomic mass is 10.2. The molecule has 0 unspecified atom stereocenters. The smallest absolute Gasteiger partial charge is 0.410 e. The second-order valence-corrected chi connectivity index (χ2v) is 6.11. The highest BCUT2D eigenvalue weighted by molar-refractivity contribution is 5.68. The molecule has 0 radical (unpaired) electrons. The lowest BCUT2D eigenvalue weighted by Crippen LogP contribution is -2.41. The summed E-state index contributed by atoms with van der Waals surface area (Å²) in [6, 6.07) is 0.108. The van der Waals surface area contributed by atoms with Crippen LogP contribution >= 0.6 is 0 Å². The summed E-state index contributed by atoms with van der Waals surface area (Å²) in [5.41, 5.74) is 5.80. The first kappa shape index (κ1) is 14.8. The number of carbonyl (C=O) groups excluding carboxylic acids is 1. The van der Waals surface area contributed by atoms with Gasteiger partial charge in [-0.1, -0.05) is 5.21 Å². The van der Waals surface area contributed by atoms with Crippen LogP contribution in [-0.2, 0) is 17.8 Å². The van der Waals surface area contributed by atoms with Gasteiger partial charge in [-0.15, -0.1) is 5.10 Å². The maximum absolute atomic E-state index is 12.2. The quantitative estimate of drug-likeness (QED) is 0.897. The molecule has 2 heterocycles. The van der Waals surface area contributed by atoms with Gasteiger partial charge in [-0.2, -0.15) is 0 Å². The van der Waals surface area contributed by atoms with Crippen LogP contribution in [0.25, 0.3) is 0 Å². The summed E-state index contributed by atoms with van der Waals surface area (Å²) >= 11 is 0. The number of rotatable bonds is 3. The average Bonchev–Trinajstić information content (AvgIpc) is 2.96. The van der Waals surface area contributed by atoms with Crippen molar-refractivity contribution in [1.29, 1.82) is 0 Å². The molecule has 0 bridgehead atoms. The third kappa shape index (κ3) is 3.69. The number of nitrogens with zero attached hydrogens (tertiary/aromatic N) is 4. The van der Waals surface area contributed by atoms with Crippen LogP contribution in [0.15, 0.2) is 6.20 Å². The molecule has 7 heteroatoms. The highest BCUT2D eigenvalue weighted by Crippen LogP contribution is 2.21. The molecule has 0 aliphatic carbocycles. The van der Waals surface area contributed by atoms with E-state index >= 15 is 0 Å². The van der Waals surface area contributed by atoms with Crippen LogP contribution in [0, 0.1) is 0 Å². The van der Waals surface area contributed by atoms with Crippen molar-refractivity contribution in [2.75, 3.05) is 6.54 Å². The van der Waals surface area contributed by atoms with Gasteiger partial charge < -0.3 is 15.4 Å². The molecule has 2 rings (SSSR count). The van der Waals surface area contributed by atoms with Crippen molar-refractivity contribution < 1.29 is 9.53 Å². The SMILES string of the molecule is CC(C)(C)OC(=O)N1CCC[C@@H]1Cn1cc(CN)nn1. The van der Waals surface area contributed by atoms with Gasteiger partial charge in [-0.25, -0.2) is 4.79 Å². The van der Waals surface area contributed by atoms with E-state index in [0.717, 1.165) is 25.1 Å². The van der Waals surface area contributed by atoms with E-state index in [1.165, 1.54) is 0 Å². The number of hydrogen-bond donors (Lipinski definition) is 1. The lowest BCUT2D eigenvalue weighted by Gasteiger charge is -2.28. The molecule has 0 saturated carbocycles. The molecule has 1 aromatic heterocycles. The first-order chi connectivity index (χ1) is 9.39. The topological polar surface area (TPSA) is 86.3 Å². The standard InChI is InChI=1S/C13H23N5O2/c1-13(2,3)20-12(19)18-6-4-5-11(18)9-17-8-10(7-14)15-16-17/h8,11H,4-7,9,14H2,1-3H3/t11-/m1/s1. The van der Waals surface area contributed by atoms with Gasteiger partial charge in [-0.3, -0.25) is 4.68 Å². The minimum absolute atomic E-state index is 0.108. The summed E-state index contributed by atoms with van der Waals surface area (Å²) in [5.74, 6) is 0. The number of hydrogen-bond acceptors (Lipinski definition) is 5. The third-order valence-electron chi connectivity index (χ3n) is 3.20. The molecular weight excluding hydrogens is 258 g/mol. The van der Waals surface area contributed by atoms with Gasteiger partial charge in [-0.05, 0) is 33.6 Å². The molecule has 1 aliphatic rings. The molecule has 1 fully saturated rings.